The number of halogens is 1. The van der Waals surface area contributed by atoms with Crippen molar-refractivity contribution in [3.63, 3.8) is 0 Å². The van der Waals surface area contributed by atoms with Crippen LogP contribution in [0.15, 0.2) is 18.2 Å². The van der Waals surface area contributed by atoms with Gasteiger partial charge in [-0.05, 0) is 19.2 Å². The van der Waals surface area contributed by atoms with E-state index in [1.165, 1.54) is 12.1 Å². The molecular weight excluding hydrogens is 181 g/mol. The number of phenols is 1. The molecule has 1 rings (SSSR count). The number of phenolic OH excluding ortho intramolecular Hbond substituents is 1. The lowest BCUT2D eigenvalue weighted by atomic mass is 10.2. The Kier molecular flexibility index (Phi) is 3.96. The van der Waals surface area contributed by atoms with E-state index in [4.69, 9.17) is 0 Å². The summed E-state index contributed by atoms with van der Waals surface area (Å²) in [5.74, 6) is 5.07. The fourth-order valence-corrected chi connectivity index (χ4v) is 0.956. The summed E-state index contributed by atoms with van der Waals surface area (Å²) in [6, 6.07) is 3.81. The molecule has 74 valence electrons. The minimum absolute atomic E-state index is 0.109. The van der Waals surface area contributed by atoms with E-state index >= 15 is 0 Å². The van der Waals surface area contributed by atoms with E-state index in [0.29, 0.717) is 12.0 Å². The number of hydrogen-bond acceptors (Lipinski definition) is 2. The van der Waals surface area contributed by atoms with Crippen molar-refractivity contribution in [2.75, 3.05) is 13.6 Å². The topological polar surface area (TPSA) is 32.3 Å². The van der Waals surface area contributed by atoms with E-state index in [2.05, 4.69) is 17.2 Å². The Morgan fingerprint density at radius 2 is 2.29 bits per heavy atom. The molecule has 0 unspecified atom stereocenters. The first-order chi connectivity index (χ1) is 6.74. The summed E-state index contributed by atoms with van der Waals surface area (Å²) in [4.78, 5) is 0. The Balaban J connectivity index is 2.70. The van der Waals surface area contributed by atoms with Crippen LogP contribution in [0, 0.1) is 17.7 Å². The molecule has 0 saturated carbocycles. The van der Waals surface area contributed by atoms with Crippen LogP contribution < -0.4 is 5.32 Å². The average Bonchev–Trinajstić information content (AvgIpc) is 2.15. The highest BCUT2D eigenvalue weighted by Crippen LogP contribution is 2.16. The monoisotopic (exact) mass is 193 g/mol. The predicted octanol–water partition coefficient (Wildman–Crippen LogP) is 1.49. The number of rotatable bonds is 2. The summed E-state index contributed by atoms with van der Waals surface area (Å²) in [6.45, 7) is 0.801. The van der Waals surface area contributed by atoms with Gasteiger partial charge in [-0.3, -0.25) is 0 Å². The molecule has 0 spiro atoms. The van der Waals surface area contributed by atoms with Crippen LogP contribution in [0.25, 0.3) is 0 Å². The van der Waals surface area contributed by atoms with Gasteiger partial charge < -0.3 is 10.4 Å². The van der Waals surface area contributed by atoms with Gasteiger partial charge in [-0.25, -0.2) is 4.39 Å². The number of aromatic hydroxyl groups is 1. The maximum Gasteiger partial charge on any atom is 0.134 e. The smallest absolute Gasteiger partial charge is 0.134 e. The van der Waals surface area contributed by atoms with Crippen molar-refractivity contribution in [1.29, 1.82) is 0 Å². The van der Waals surface area contributed by atoms with E-state index < -0.39 is 5.82 Å². The Morgan fingerprint density at radius 3 is 2.93 bits per heavy atom. The summed E-state index contributed by atoms with van der Waals surface area (Å²) in [6.07, 6.45) is 0.702. The normalized spacial score (nSPS) is 9.29. The Bertz CT molecular complexity index is 365. The molecule has 2 N–H and O–H groups in total. The number of hydrogen-bond donors (Lipinski definition) is 2. The lowest BCUT2D eigenvalue weighted by Gasteiger charge is -1.95. The fourth-order valence-electron chi connectivity index (χ4n) is 0.956. The van der Waals surface area contributed by atoms with Gasteiger partial charge in [-0.2, -0.15) is 0 Å². The molecule has 1 aromatic rings. The molecule has 0 aromatic heterocycles. The van der Waals surface area contributed by atoms with Gasteiger partial charge in [-0.15, -0.1) is 0 Å². The molecule has 0 heterocycles. The number of benzene rings is 1. The summed E-state index contributed by atoms with van der Waals surface area (Å²) >= 11 is 0. The minimum Gasteiger partial charge on any atom is -0.507 e. The van der Waals surface area contributed by atoms with Gasteiger partial charge >= 0.3 is 0 Å². The van der Waals surface area contributed by atoms with Crippen LogP contribution in [0.1, 0.15) is 12.0 Å². The lowest BCUT2D eigenvalue weighted by molar-refractivity contribution is 0.467. The largest absolute Gasteiger partial charge is 0.507 e. The van der Waals surface area contributed by atoms with Crippen LogP contribution >= 0.6 is 0 Å². The zero-order chi connectivity index (χ0) is 10.4. The highest BCUT2D eigenvalue weighted by atomic mass is 19.1. The third-order valence-corrected chi connectivity index (χ3v) is 1.68. The molecule has 2 nitrogen and oxygen atoms in total. The summed E-state index contributed by atoms with van der Waals surface area (Å²) < 4.78 is 12.6. The Hall–Kier alpha value is -1.53. The molecule has 0 radical (unpaired) electrons. The van der Waals surface area contributed by atoms with Crippen molar-refractivity contribution in [3.05, 3.63) is 29.6 Å². The van der Waals surface area contributed by atoms with Crippen molar-refractivity contribution in [1.82, 2.24) is 5.32 Å². The molecule has 0 atom stereocenters. The van der Waals surface area contributed by atoms with Crippen LogP contribution in [-0.4, -0.2) is 18.7 Å². The van der Waals surface area contributed by atoms with Crippen LogP contribution in [0.3, 0.4) is 0 Å². The molecule has 0 bridgehead atoms. The fraction of sp³-hybridized carbons (Fsp3) is 0.273. The second-order valence-corrected chi connectivity index (χ2v) is 2.82. The maximum atomic E-state index is 12.6. The third kappa shape index (κ3) is 3.08. The second-order valence-electron chi connectivity index (χ2n) is 2.82. The highest BCUT2D eigenvalue weighted by Gasteiger charge is 1.98. The van der Waals surface area contributed by atoms with E-state index in [1.54, 1.807) is 0 Å². The van der Waals surface area contributed by atoms with Gasteiger partial charge in [-0.1, -0.05) is 11.8 Å². The van der Waals surface area contributed by atoms with E-state index in [-0.39, 0.29) is 5.75 Å². The molecule has 0 aliphatic rings. The van der Waals surface area contributed by atoms with Crippen LogP contribution in [0.4, 0.5) is 4.39 Å². The van der Waals surface area contributed by atoms with Crippen LogP contribution in [-0.2, 0) is 0 Å². The van der Waals surface area contributed by atoms with Crippen molar-refractivity contribution in [2.24, 2.45) is 0 Å². The lowest BCUT2D eigenvalue weighted by Crippen LogP contribution is -2.05. The molecule has 0 aliphatic carbocycles. The molecular formula is C11H12FNO. The van der Waals surface area contributed by atoms with E-state index in [1.807, 2.05) is 7.05 Å². The molecule has 0 fully saturated rings. The third-order valence-electron chi connectivity index (χ3n) is 1.68. The summed E-state index contributed by atoms with van der Waals surface area (Å²) in [5, 5.41) is 12.2. The van der Waals surface area contributed by atoms with Gasteiger partial charge in [0, 0.05) is 19.0 Å². The van der Waals surface area contributed by atoms with Gasteiger partial charge in [0.1, 0.15) is 11.6 Å². The van der Waals surface area contributed by atoms with Crippen molar-refractivity contribution < 1.29 is 9.50 Å². The molecule has 0 saturated heterocycles. The average molecular weight is 193 g/mol. The Morgan fingerprint density at radius 1 is 1.50 bits per heavy atom. The maximum absolute atomic E-state index is 12.6. The molecule has 0 amide bonds. The van der Waals surface area contributed by atoms with Gasteiger partial charge in [0.05, 0.1) is 5.56 Å². The van der Waals surface area contributed by atoms with Gasteiger partial charge in [0.15, 0.2) is 0 Å². The first-order valence-corrected chi connectivity index (χ1v) is 4.36. The first-order valence-electron chi connectivity index (χ1n) is 4.36. The van der Waals surface area contributed by atoms with E-state index in [9.17, 15) is 9.50 Å². The summed E-state index contributed by atoms with van der Waals surface area (Å²) in [5.41, 5.74) is 0.461. The quantitative estimate of drug-likeness (QED) is 0.551. The van der Waals surface area contributed by atoms with Crippen LogP contribution in [0.5, 0.6) is 5.75 Å². The molecule has 1 aromatic carbocycles. The Labute approximate surface area is 82.8 Å². The zero-order valence-electron chi connectivity index (χ0n) is 7.97. The minimum atomic E-state index is -0.455. The molecule has 3 heteroatoms. The van der Waals surface area contributed by atoms with Crippen molar-refractivity contribution >= 4 is 0 Å². The molecule has 14 heavy (non-hydrogen) atoms. The van der Waals surface area contributed by atoms with Crippen molar-refractivity contribution in [2.45, 2.75) is 6.42 Å². The van der Waals surface area contributed by atoms with Crippen molar-refractivity contribution in [3.8, 4) is 17.6 Å². The summed E-state index contributed by atoms with van der Waals surface area (Å²) in [7, 11) is 1.84. The van der Waals surface area contributed by atoms with Crippen LogP contribution in [0.2, 0.25) is 0 Å². The van der Waals surface area contributed by atoms with Gasteiger partial charge in [0.25, 0.3) is 0 Å². The zero-order valence-corrected chi connectivity index (χ0v) is 7.97. The standard InChI is InChI=1S/C11H12FNO/c1-13-7-3-2-4-9-5-6-10(12)8-11(9)14/h5-6,8,13-14H,3,7H2,1H3. The SMILES string of the molecule is CNCCC#Cc1ccc(F)cc1O. The first kappa shape index (κ1) is 10.6. The molecule has 0 aliphatic heterocycles. The van der Waals surface area contributed by atoms with E-state index in [0.717, 1.165) is 12.6 Å². The number of nitrogens with one attached hydrogen (secondary N) is 1. The van der Waals surface area contributed by atoms with Gasteiger partial charge in [0.2, 0.25) is 0 Å². The predicted molar refractivity (Wildman–Crippen MR) is 53.5 cm³/mol. The highest BCUT2D eigenvalue weighted by molar-refractivity contribution is 5.45. The second kappa shape index (κ2) is 5.25.